The minimum absolute atomic E-state index is 0.199. The predicted molar refractivity (Wildman–Crippen MR) is 76.2 cm³/mol. The van der Waals surface area contributed by atoms with Gasteiger partial charge in [0.1, 0.15) is 6.33 Å². The molecule has 2 N–H and O–H groups in total. The van der Waals surface area contributed by atoms with Gasteiger partial charge in [-0.15, -0.1) is 5.10 Å². The molecule has 0 unspecified atom stereocenters. The molecule has 0 aliphatic rings. The quantitative estimate of drug-likeness (QED) is 0.759. The maximum atomic E-state index is 5.47. The molecule has 0 fully saturated rings. The van der Waals surface area contributed by atoms with Gasteiger partial charge in [-0.3, -0.25) is 0 Å². The Kier molecular flexibility index (Phi) is 3.83. The largest absolute Gasteiger partial charge is 0.387 e. The molecule has 7 heteroatoms. The number of hydrogen-bond acceptors (Lipinski definition) is 6. The van der Waals surface area contributed by atoms with E-state index in [-0.39, 0.29) is 12.0 Å². The Balaban J connectivity index is 1.72. The number of para-hydroxylation sites is 1. The van der Waals surface area contributed by atoms with E-state index in [4.69, 9.17) is 10.5 Å². The van der Waals surface area contributed by atoms with E-state index in [0.717, 1.165) is 17.7 Å². The number of nitrogens with zero attached hydrogens (tertiary/aromatic N) is 5. The molecule has 3 rings (SSSR count). The van der Waals surface area contributed by atoms with Crippen LogP contribution in [-0.4, -0.2) is 31.3 Å². The van der Waals surface area contributed by atoms with Gasteiger partial charge < -0.3 is 10.5 Å². The molecule has 3 aromatic rings. The van der Waals surface area contributed by atoms with Crippen molar-refractivity contribution in [1.82, 2.24) is 24.7 Å². The third-order valence-electron chi connectivity index (χ3n) is 2.79. The maximum absolute atomic E-state index is 5.47. The average Bonchev–Trinajstić information content (AvgIpc) is 2.99. The average molecular weight is 282 g/mol. The molecule has 2 heterocycles. The Morgan fingerprint density at radius 2 is 1.76 bits per heavy atom. The van der Waals surface area contributed by atoms with Crippen molar-refractivity contribution in [3.8, 4) is 17.7 Å². The van der Waals surface area contributed by atoms with E-state index in [1.165, 1.54) is 0 Å². The summed E-state index contributed by atoms with van der Waals surface area (Å²) < 4.78 is 7.04. The van der Waals surface area contributed by atoms with Crippen LogP contribution in [0.25, 0.3) is 5.69 Å². The van der Waals surface area contributed by atoms with E-state index in [1.807, 2.05) is 30.3 Å². The molecular formula is C14H14N6O. The second-order valence-electron chi connectivity index (χ2n) is 4.32. The second-order valence-corrected chi connectivity index (χ2v) is 4.32. The van der Waals surface area contributed by atoms with E-state index >= 15 is 0 Å². The first-order valence-corrected chi connectivity index (χ1v) is 6.51. The topological polar surface area (TPSA) is 91.7 Å². The number of benzene rings is 1. The Bertz CT molecular complexity index is 695. The van der Waals surface area contributed by atoms with Crippen LogP contribution >= 0.6 is 0 Å². The lowest BCUT2D eigenvalue weighted by atomic mass is 10.2. The van der Waals surface area contributed by atoms with E-state index in [2.05, 4.69) is 20.1 Å². The molecular weight excluding hydrogens is 268 g/mol. The van der Waals surface area contributed by atoms with Gasteiger partial charge in [0.15, 0.2) is 0 Å². The fraction of sp³-hybridized carbons (Fsp3) is 0.143. The van der Waals surface area contributed by atoms with E-state index in [0.29, 0.717) is 6.54 Å². The van der Waals surface area contributed by atoms with Crippen molar-refractivity contribution in [3.05, 3.63) is 54.6 Å². The first kappa shape index (κ1) is 13.2. The summed E-state index contributed by atoms with van der Waals surface area (Å²) in [6.45, 7) is 0.562. The third-order valence-corrected chi connectivity index (χ3v) is 2.79. The molecule has 21 heavy (non-hydrogen) atoms. The number of aromatic nitrogens is 5. The van der Waals surface area contributed by atoms with Gasteiger partial charge in [0, 0.05) is 12.4 Å². The molecule has 0 aliphatic carbocycles. The summed E-state index contributed by atoms with van der Waals surface area (Å²) in [5.41, 5.74) is 7.34. The molecule has 0 spiro atoms. The number of nitrogens with two attached hydrogens (primary N) is 1. The van der Waals surface area contributed by atoms with Crippen molar-refractivity contribution in [2.45, 2.75) is 6.42 Å². The monoisotopic (exact) mass is 282 g/mol. The first-order valence-electron chi connectivity index (χ1n) is 6.51. The molecule has 0 atom stereocenters. The van der Waals surface area contributed by atoms with Crippen molar-refractivity contribution in [2.24, 2.45) is 5.73 Å². The van der Waals surface area contributed by atoms with Gasteiger partial charge in [-0.25, -0.2) is 14.6 Å². The normalized spacial score (nSPS) is 10.5. The highest BCUT2D eigenvalue weighted by molar-refractivity contribution is 5.29. The highest BCUT2D eigenvalue weighted by Crippen LogP contribution is 2.13. The molecule has 7 nitrogen and oxygen atoms in total. The molecule has 0 bridgehead atoms. The summed E-state index contributed by atoms with van der Waals surface area (Å²) in [6, 6.07) is 10.1. The maximum Gasteiger partial charge on any atom is 0.343 e. The smallest absolute Gasteiger partial charge is 0.343 e. The SMILES string of the molecule is NCCc1cnc(Oc2ncn(-c3ccccc3)n2)nc1. The zero-order valence-electron chi connectivity index (χ0n) is 11.3. The van der Waals surface area contributed by atoms with Crippen LogP contribution in [0.2, 0.25) is 0 Å². The lowest BCUT2D eigenvalue weighted by molar-refractivity contribution is 0.406. The molecule has 106 valence electrons. The highest BCUT2D eigenvalue weighted by atomic mass is 16.5. The first-order chi connectivity index (χ1) is 10.3. The lowest BCUT2D eigenvalue weighted by Crippen LogP contribution is -2.04. The number of hydrogen-bond donors (Lipinski definition) is 1. The summed E-state index contributed by atoms with van der Waals surface area (Å²) in [4.78, 5) is 12.3. The Morgan fingerprint density at radius 1 is 1.00 bits per heavy atom. The molecule has 0 aliphatic heterocycles. The van der Waals surface area contributed by atoms with Crippen LogP contribution in [0.1, 0.15) is 5.56 Å². The van der Waals surface area contributed by atoms with Gasteiger partial charge in [0.25, 0.3) is 0 Å². The minimum atomic E-state index is 0.199. The lowest BCUT2D eigenvalue weighted by Gasteiger charge is -2.00. The molecule has 2 aromatic heterocycles. The van der Waals surface area contributed by atoms with Gasteiger partial charge in [-0.1, -0.05) is 18.2 Å². The van der Waals surface area contributed by atoms with Crippen molar-refractivity contribution in [1.29, 1.82) is 0 Å². The molecule has 0 radical (unpaired) electrons. The van der Waals surface area contributed by atoms with E-state index in [1.54, 1.807) is 23.4 Å². The number of ether oxygens (including phenoxy) is 1. The van der Waals surface area contributed by atoms with Gasteiger partial charge in [-0.2, -0.15) is 4.98 Å². The van der Waals surface area contributed by atoms with E-state index < -0.39 is 0 Å². The van der Waals surface area contributed by atoms with Crippen molar-refractivity contribution < 1.29 is 4.74 Å². The minimum Gasteiger partial charge on any atom is -0.387 e. The summed E-state index contributed by atoms with van der Waals surface area (Å²) in [5, 5.41) is 4.22. The predicted octanol–water partition coefficient (Wildman–Crippen LogP) is 1.35. The van der Waals surface area contributed by atoms with Gasteiger partial charge >= 0.3 is 12.0 Å². The zero-order chi connectivity index (χ0) is 14.5. The zero-order valence-corrected chi connectivity index (χ0v) is 11.3. The van der Waals surface area contributed by atoms with Gasteiger partial charge in [0.05, 0.1) is 5.69 Å². The second kappa shape index (κ2) is 6.10. The van der Waals surface area contributed by atoms with Gasteiger partial charge in [-0.05, 0) is 30.7 Å². The standard InChI is InChI=1S/C14H14N6O/c15-7-6-11-8-16-13(17-9-11)21-14-18-10-20(19-14)12-4-2-1-3-5-12/h1-5,8-10H,6-7,15H2. The summed E-state index contributed by atoms with van der Waals surface area (Å²) in [5.74, 6) is 0. The van der Waals surface area contributed by atoms with Crippen molar-refractivity contribution >= 4 is 0 Å². The Labute approximate surface area is 121 Å². The van der Waals surface area contributed by atoms with Crippen LogP contribution in [0.15, 0.2) is 49.1 Å². The summed E-state index contributed by atoms with van der Waals surface area (Å²) in [7, 11) is 0. The number of rotatable bonds is 5. The van der Waals surface area contributed by atoms with E-state index in [9.17, 15) is 0 Å². The van der Waals surface area contributed by atoms with Crippen LogP contribution in [0, 0.1) is 0 Å². The van der Waals surface area contributed by atoms with Crippen LogP contribution in [0.3, 0.4) is 0 Å². The Hall–Kier alpha value is -2.80. The van der Waals surface area contributed by atoms with Crippen LogP contribution in [0.5, 0.6) is 12.0 Å². The highest BCUT2D eigenvalue weighted by Gasteiger charge is 2.07. The van der Waals surface area contributed by atoms with Gasteiger partial charge in [0.2, 0.25) is 0 Å². The van der Waals surface area contributed by atoms with Crippen LogP contribution < -0.4 is 10.5 Å². The Morgan fingerprint density at radius 3 is 2.48 bits per heavy atom. The van der Waals surface area contributed by atoms with Crippen molar-refractivity contribution in [3.63, 3.8) is 0 Å². The van der Waals surface area contributed by atoms with Crippen molar-refractivity contribution in [2.75, 3.05) is 6.54 Å². The fourth-order valence-electron chi connectivity index (χ4n) is 1.77. The van der Waals surface area contributed by atoms with Crippen LogP contribution in [-0.2, 0) is 6.42 Å². The molecule has 0 saturated heterocycles. The summed E-state index contributed by atoms with van der Waals surface area (Å²) in [6.07, 6.45) is 5.68. The molecule has 0 saturated carbocycles. The molecule has 0 amide bonds. The summed E-state index contributed by atoms with van der Waals surface area (Å²) >= 11 is 0. The molecule has 1 aromatic carbocycles. The fourth-order valence-corrected chi connectivity index (χ4v) is 1.77. The third kappa shape index (κ3) is 3.21. The van der Waals surface area contributed by atoms with Crippen LogP contribution in [0.4, 0.5) is 0 Å².